The predicted octanol–water partition coefficient (Wildman–Crippen LogP) is 2.40. The van der Waals surface area contributed by atoms with Crippen molar-refractivity contribution in [3.8, 4) is 5.75 Å². The Kier molecular flexibility index (Phi) is 5.35. The van der Waals surface area contributed by atoms with Gasteiger partial charge in [0.2, 0.25) is 5.91 Å². The molecule has 110 valence electrons. The highest BCUT2D eigenvalue weighted by Crippen LogP contribution is 2.14. The maximum absolute atomic E-state index is 12.1. The minimum Gasteiger partial charge on any atom is -0.494 e. The fourth-order valence-corrected chi connectivity index (χ4v) is 2.02. The first kappa shape index (κ1) is 15.1. The summed E-state index contributed by atoms with van der Waals surface area (Å²) in [6.07, 6.45) is 0. The molecule has 0 heterocycles. The monoisotopic (exact) mass is 284 g/mol. The molecule has 0 saturated carbocycles. The molecule has 0 saturated heterocycles. The Bertz CT molecular complexity index is 584. The van der Waals surface area contributed by atoms with Crippen LogP contribution in [0.25, 0.3) is 0 Å². The molecule has 2 rings (SSSR count). The molecule has 2 aromatic carbocycles. The van der Waals surface area contributed by atoms with Crippen LogP contribution in [0.2, 0.25) is 0 Å². The van der Waals surface area contributed by atoms with E-state index in [1.165, 1.54) is 0 Å². The maximum atomic E-state index is 12.1. The van der Waals surface area contributed by atoms with Gasteiger partial charge < -0.3 is 15.8 Å². The molecule has 0 fully saturated rings. The Labute approximate surface area is 124 Å². The first-order valence-corrected chi connectivity index (χ1v) is 7.00. The number of ether oxygens (including phenoxy) is 1. The largest absolute Gasteiger partial charge is 0.494 e. The van der Waals surface area contributed by atoms with Gasteiger partial charge in [-0.05, 0) is 30.2 Å². The first-order valence-electron chi connectivity index (χ1n) is 7.00. The van der Waals surface area contributed by atoms with Crippen LogP contribution in [0.1, 0.15) is 24.1 Å². The lowest BCUT2D eigenvalue weighted by atomic mass is 10.1. The van der Waals surface area contributed by atoms with E-state index in [2.05, 4.69) is 5.32 Å². The molecule has 1 atom stereocenters. The van der Waals surface area contributed by atoms with Crippen LogP contribution in [0.5, 0.6) is 5.75 Å². The summed E-state index contributed by atoms with van der Waals surface area (Å²) in [5.41, 5.74) is 7.73. The minimum absolute atomic E-state index is 0.192. The highest BCUT2D eigenvalue weighted by molar-refractivity contribution is 5.82. The van der Waals surface area contributed by atoms with Gasteiger partial charge in [-0.3, -0.25) is 4.79 Å². The molecule has 0 aliphatic carbocycles. The van der Waals surface area contributed by atoms with Gasteiger partial charge in [0.05, 0.1) is 6.61 Å². The third-order valence-corrected chi connectivity index (χ3v) is 3.12. The molecule has 0 bridgehead atoms. The van der Waals surface area contributed by atoms with E-state index >= 15 is 0 Å². The lowest BCUT2D eigenvalue weighted by Crippen LogP contribution is -2.33. The Hall–Kier alpha value is -2.33. The third-order valence-electron chi connectivity index (χ3n) is 3.12. The fraction of sp³-hybridized carbons (Fsp3) is 0.235. The van der Waals surface area contributed by atoms with Crippen molar-refractivity contribution < 1.29 is 9.53 Å². The second-order valence-corrected chi connectivity index (χ2v) is 4.69. The van der Waals surface area contributed by atoms with E-state index in [4.69, 9.17) is 10.5 Å². The zero-order valence-electron chi connectivity index (χ0n) is 12.1. The number of rotatable bonds is 6. The van der Waals surface area contributed by atoms with Gasteiger partial charge in [-0.1, -0.05) is 42.5 Å². The summed E-state index contributed by atoms with van der Waals surface area (Å²) >= 11 is 0. The molecule has 3 N–H and O–H groups in total. The Balaban J connectivity index is 1.93. The molecule has 4 nitrogen and oxygen atoms in total. The van der Waals surface area contributed by atoms with Gasteiger partial charge >= 0.3 is 0 Å². The van der Waals surface area contributed by atoms with Crippen molar-refractivity contribution in [2.75, 3.05) is 6.61 Å². The van der Waals surface area contributed by atoms with Crippen molar-refractivity contribution >= 4 is 5.91 Å². The highest BCUT2D eigenvalue weighted by Gasteiger charge is 2.14. The topological polar surface area (TPSA) is 64.3 Å². The van der Waals surface area contributed by atoms with Crippen LogP contribution < -0.4 is 15.8 Å². The molecule has 0 aliphatic rings. The minimum atomic E-state index is -0.652. The van der Waals surface area contributed by atoms with E-state index in [-0.39, 0.29) is 5.91 Å². The molecule has 0 spiro atoms. The zero-order valence-corrected chi connectivity index (χ0v) is 12.1. The molecule has 2 aromatic rings. The van der Waals surface area contributed by atoms with Crippen LogP contribution in [-0.2, 0) is 11.3 Å². The van der Waals surface area contributed by atoms with Gasteiger partial charge in [-0.25, -0.2) is 0 Å². The van der Waals surface area contributed by atoms with E-state index in [1.807, 2.05) is 61.5 Å². The number of amides is 1. The molecule has 0 aromatic heterocycles. The zero-order chi connectivity index (χ0) is 15.1. The molecular formula is C17H20N2O2. The molecule has 0 unspecified atom stereocenters. The highest BCUT2D eigenvalue weighted by atomic mass is 16.5. The average Bonchev–Trinajstić information content (AvgIpc) is 2.53. The smallest absolute Gasteiger partial charge is 0.241 e. The summed E-state index contributed by atoms with van der Waals surface area (Å²) in [7, 11) is 0. The summed E-state index contributed by atoms with van der Waals surface area (Å²) < 4.78 is 5.43. The van der Waals surface area contributed by atoms with Gasteiger partial charge in [0, 0.05) is 6.54 Å². The predicted molar refractivity (Wildman–Crippen MR) is 82.8 cm³/mol. The first-order chi connectivity index (χ1) is 10.2. The third kappa shape index (κ3) is 4.33. The summed E-state index contributed by atoms with van der Waals surface area (Å²) in [5.74, 6) is 0.611. The second-order valence-electron chi connectivity index (χ2n) is 4.69. The number of carbonyl (C=O) groups is 1. The standard InChI is InChI=1S/C17H20N2O2/c1-2-21-15-10-6-7-13(11-15)12-19-17(20)16(18)14-8-4-3-5-9-14/h3-11,16H,2,12,18H2,1H3,(H,19,20)/t16-/m0/s1. The lowest BCUT2D eigenvalue weighted by molar-refractivity contribution is -0.122. The van der Waals surface area contributed by atoms with E-state index in [0.717, 1.165) is 16.9 Å². The number of hydrogen-bond donors (Lipinski definition) is 2. The Morgan fingerprint density at radius 3 is 2.67 bits per heavy atom. The number of hydrogen-bond acceptors (Lipinski definition) is 3. The quantitative estimate of drug-likeness (QED) is 0.856. The van der Waals surface area contributed by atoms with Crippen molar-refractivity contribution in [2.24, 2.45) is 5.73 Å². The summed E-state index contributed by atoms with van der Waals surface area (Å²) in [6.45, 7) is 2.99. The summed E-state index contributed by atoms with van der Waals surface area (Å²) in [6, 6.07) is 16.3. The molecule has 0 radical (unpaired) electrons. The lowest BCUT2D eigenvalue weighted by Gasteiger charge is -2.13. The van der Waals surface area contributed by atoms with Crippen LogP contribution in [0, 0.1) is 0 Å². The molecule has 21 heavy (non-hydrogen) atoms. The molecular weight excluding hydrogens is 264 g/mol. The van der Waals surface area contributed by atoms with E-state index < -0.39 is 6.04 Å². The number of carbonyl (C=O) groups excluding carboxylic acids is 1. The summed E-state index contributed by atoms with van der Waals surface area (Å²) in [4.78, 5) is 12.1. The number of nitrogens with one attached hydrogen (secondary N) is 1. The van der Waals surface area contributed by atoms with Crippen molar-refractivity contribution in [1.82, 2.24) is 5.32 Å². The van der Waals surface area contributed by atoms with Crippen molar-refractivity contribution in [2.45, 2.75) is 19.5 Å². The van der Waals surface area contributed by atoms with Gasteiger partial charge in [-0.2, -0.15) is 0 Å². The van der Waals surface area contributed by atoms with Gasteiger partial charge in [0.25, 0.3) is 0 Å². The second kappa shape index (κ2) is 7.45. The fourth-order valence-electron chi connectivity index (χ4n) is 2.02. The maximum Gasteiger partial charge on any atom is 0.241 e. The van der Waals surface area contributed by atoms with Crippen LogP contribution in [0.15, 0.2) is 54.6 Å². The van der Waals surface area contributed by atoms with Crippen LogP contribution >= 0.6 is 0 Å². The number of benzene rings is 2. The SMILES string of the molecule is CCOc1cccc(CNC(=O)[C@@H](N)c2ccccc2)c1. The average molecular weight is 284 g/mol. The van der Waals surface area contributed by atoms with E-state index in [0.29, 0.717) is 13.2 Å². The Morgan fingerprint density at radius 1 is 1.19 bits per heavy atom. The molecule has 1 amide bonds. The van der Waals surface area contributed by atoms with E-state index in [9.17, 15) is 4.79 Å². The molecule has 4 heteroatoms. The Morgan fingerprint density at radius 2 is 1.95 bits per heavy atom. The van der Waals surface area contributed by atoms with Crippen molar-refractivity contribution in [3.63, 3.8) is 0 Å². The van der Waals surface area contributed by atoms with Crippen LogP contribution in [0.4, 0.5) is 0 Å². The van der Waals surface area contributed by atoms with Crippen molar-refractivity contribution in [1.29, 1.82) is 0 Å². The van der Waals surface area contributed by atoms with Gasteiger partial charge in [0.1, 0.15) is 11.8 Å². The van der Waals surface area contributed by atoms with E-state index in [1.54, 1.807) is 0 Å². The molecule has 0 aliphatic heterocycles. The van der Waals surface area contributed by atoms with Crippen molar-refractivity contribution in [3.05, 3.63) is 65.7 Å². The van der Waals surface area contributed by atoms with Gasteiger partial charge in [0.15, 0.2) is 0 Å². The van der Waals surface area contributed by atoms with Gasteiger partial charge in [-0.15, -0.1) is 0 Å². The summed E-state index contributed by atoms with van der Waals surface area (Å²) in [5, 5.41) is 2.85. The normalized spacial score (nSPS) is 11.7. The van der Waals surface area contributed by atoms with Crippen LogP contribution in [0.3, 0.4) is 0 Å². The number of nitrogens with two attached hydrogens (primary N) is 1. The van der Waals surface area contributed by atoms with Crippen LogP contribution in [-0.4, -0.2) is 12.5 Å².